The van der Waals surface area contributed by atoms with Crippen molar-refractivity contribution in [2.45, 2.75) is 118 Å². The van der Waals surface area contributed by atoms with E-state index in [1.165, 1.54) is 11.6 Å². The van der Waals surface area contributed by atoms with Crippen molar-refractivity contribution >= 4 is 18.0 Å². The van der Waals surface area contributed by atoms with Gasteiger partial charge in [0.1, 0.15) is 11.9 Å². The number of phenolic OH excluding ortho intramolecular Hbond substituents is 1. The number of allylic oxidation sites excluding steroid dienone is 2. The van der Waals surface area contributed by atoms with Gasteiger partial charge in [-0.15, -0.1) is 0 Å². The van der Waals surface area contributed by atoms with Crippen LogP contribution in [0.2, 0.25) is 0 Å². The number of carboxylic acid groups (broad SMARTS) is 1. The minimum Gasteiger partial charge on any atom is -0.508 e. The number of aliphatic hydroxyl groups excluding tert-OH is 1. The summed E-state index contributed by atoms with van der Waals surface area (Å²) in [5.41, 5.74) is 0.991. The molecule has 1 aromatic carbocycles. The fraction of sp³-hybridized carbons (Fsp3) is 0.692. The lowest BCUT2D eigenvalue weighted by molar-refractivity contribution is -0.238. The third-order valence-corrected chi connectivity index (χ3v) is 14.5. The van der Waals surface area contributed by atoms with Crippen LogP contribution in [-0.2, 0) is 14.3 Å². The molecule has 6 heteroatoms. The minimum atomic E-state index is -0.780. The molecule has 5 aliphatic rings. The Morgan fingerprint density at radius 1 is 0.889 bits per heavy atom. The van der Waals surface area contributed by atoms with Crippen LogP contribution in [0.3, 0.4) is 0 Å². The average Bonchev–Trinajstić information content (AvgIpc) is 2.94. The van der Waals surface area contributed by atoms with Crippen LogP contribution in [0.1, 0.15) is 112 Å². The van der Waals surface area contributed by atoms with E-state index in [9.17, 15) is 24.9 Å². The molecule has 0 heterocycles. The molecule has 0 spiro atoms. The summed E-state index contributed by atoms with van der Waals surface area (Å²) < 4.78 is 6.04. The third-order valence-electron chi connectivity index (χ3n) is 14.5. The van der Waals surface area contributed by atoms with Crippen LogP contribution < -0.4 is 0 Å². The lowest BCUT2D eigenvalue weighted by Crippen LogP contribution is -2.67. The van der Waals surface area contributed by atoms with Crippen molar-refractivity contribution in [2.24, 2.45) is 50.2 Å². The second-order valence-corrected chi connectivity index (χ2v) is 17.6. The van der Waals surface area contributed by atoms with Gasteiger partial charge in [0.05, 0.1) is 11.5 Å². The van der Waals surface area contributed by atoms with Gasteiger partial charge in [-0.2, -0.15) is 0 Å². The second kappa shape index (κ2) is 10.5. The van der Waals surface area contributed by atoms with Crippen molar-refractivity contribution in [2.75, 3.05) is 0 Å². The quantitative estimate of drug-likeness (QED) is 0.179. The number of phenols is 1. The van der Waals surface area contributed by atoms with Gasteiger partial charge in [-0.05, 0) is 121 Å². The summed E-state index contributed by atoms with van der Waals surface area (Å²) in [5.74, 6) is -0.230. The number of aliphatic hydroxyl groups is 1. The standard InChI is InChI=1S/C39H54O6/c1-34(2)18-20-39(33(43)44)21-19-37(6)26(27(39)22-34)13-14-30-36(5)23-28(41)32(35(3,4)29(36)16-17-38(30,37)7)45-31(42)15-10-24-8-11-25(40)12-9-24/h8-13,15,27-30,32,40-41H,14,16-23H2,1-7H3,(H,43,44)/t27-,28+,29-,30+,32-,36-,37+,38+,39-/m1/s1. The van der Waals surface area contributed by atoms with Crippen LogP contribution >= 0.6 is 0 Å². The molecule has 1 aromatic rings. The van der Waals surface area contributed by atoms with Gasteiger partial charge in [0, 0.05) is 11.5 Å². The molecule has 0 unspecified atom stereocenters. The molecule has 4 fully saturated rings. The number of fused-ring (bicyclic) bond motifs is 7. The molecule has 246 valence electrons. The zero-order valence-electron chi connectivity index (χ0n) is 28.4. The van der Waals surface area contributed by atoms with Gasteiger partial charge in [-0.3, -0.25) is 4.79 Å². The maximum absolute atomic E-state index is 13.0. The van der Waals surface area contributed by atoms with Crippen molar-refractivity contribution < 1.29 is 29.6 Å². The van der Waals surface area contributed by atoms with Crippen molar-refractivity contribution in [3.8, 4) is 5.75 Å². The summed E-state index contributed by atoms with van der Waals surface area (Å²) in [4.78, 5) is 26.0. The van der Waals surface area contributed by atoms with Crippen LogP contribution in [0.15, 0.2) is 42.0 Å². The van der Waals surface area contributed by atoms with Crippen molar-refractivity contribution in [3.05, 3.63) is 47.6 Å². The number of rotatable bonds is 4. The molecule has 45 heavy (non-hydrogen) atoms. The average molecular weight is 619 g/mol. The highest BCUT2D eigenvalue weighted by Crippen LogP contribution is 2.75. The van der Waals surface area contributed by atoms with Gasteiger partial charge < -0.3 is 20.1 Å². The molecule has 0 aromatic heterocycles. The summed E-state index contributed by atoms with van der Waals surface area (Å²) in [7, 11) is 0. The molecule has 0 amide bonds. The molecule has 0 radical (unpaired) electrons. The molecule has 5 aliphatic carbocycles. The van der Waals surface area contributed by atoms with Crippen LogP contribution in [-0.4, -0.2) is 39.5 Å². The lowest BCUT2D eigenvalue weighted by Gasteiger charge is -2.71. The Bertz CT molecular complexity index is 1420. The topological polar surface area (TPSA) is 104 Å². The fourth-order valence-corrected chi connectivity index (χ4v) is 11.9. The van der Waals surface area contributed by atoms with E-state index in [1.54, 1.807) is 30.3 Å². The monoisotopic (exact) mass is 618 g/mol. The number of aromatic hydroxyl groups is 1. The number of benzene rings is 1. The zero-order chi connectivity index (χ0) is 32.8. The highest BCUT2D eigenvalue weighted by Gasteiger charge is 2.70. The fourth-order valence-electron chi connectivity index (χ4n) is 11.9. The first kappa shape index (κ1) is 32.3. The predicted molar refractivity (Wildman–Crippen MR) is 175 cm³/mol. The van der Waals surface area contributed by atoms with Crippen LogP contribution in [0.5, 0.6) is 5.75 Å². The molecule has 0 bridgehead atoms. The molecule has 0 aliphatic heterocycles. The maximum atomic E-state index is 13.0. The first-order chi connectivity index (χ1) is 20.9. The Morgan fingerprint density at radius 2 is 1.56 bits per heavy atom. The predicted octanol–water partition coefficient (Wildman–Crippen LogP) is 8.17. The maximum Gasteiger partial charge on any atom is 0.331 e. The van der Waals surface area contributed by atoms with Crippen LogP contribution in [0.4, 0.5) is 0 Å². The van der Waals surface area contributed by atoms with Crippen LogP contribution in [0.25, 0.3) is 6.08 Å². The summed E-state index contributed by atoms with van der Waals surface area (Å²) >= 11 is 0. The van der Waals surface area contributed by atoms with E-state index in [1.807, 2.05) is 0 Å². The van der Waals surface area contributed by atoms with Gasteiger partial charge in [-0.1, -0.05) is 72.2 Å². The molecular formula is C39H54O6. The largest absolute Gasteiger partial charge is 0.508 e. The zero-order valence-corrected chi connectivity index (χ0v) is 28.4. The highest BCUT2D eigenvalue weighted by atomic mass is 16.6. The Morgan fingerprint density at radius 3 is 2.22 bits per heavy atom. The first-order valence-electron chi connectivity index (χ1n) is 17.2. The SMILES string of the molecule is CC1(C)CC[C@@]2(C(=O)O)CC[C@@]3(C)C(=CC[C@H]4[C@]5(C)C[C@H](O)[C@@H](OC(=O)C=Cc6ccc(O)cc6)C(C)(C)[C@H]5CC[C@@]43C)[C@H]2C1. The normalized spacial score (nSPS) is 43.2. The van der Waals surface area contributed by atoms with E-state index in [-0.39, 0.29) is 39.2 Å². The summed E-state index contributed by atoms with van der Waals surface area (Å²) in [6.07, 6.45) is 12.0. The van der Waals surface area contributed by atoms with E-state index < -0.39 is 35.0 Å². The molecule has 6 rings (SSSR count). The number of esters is 1. The molecule has 0 saturated heterocycles. The Labute approximate surface area is 269 Å². The number of hydrogen-bond acceptors (Lipinski definition) is 5. The highest BCUT2D eigenvalue weighted by molar-refractivity contribution is 5.87. The van der Waals surface area contributed by atoms with Gasteiger partial charge in [0.25, 0.3) is 0 Å². The van der Waals surface area contributed by atoms with Crippen molar-refractivity contribution in [1.82, 2.24) is 0 Å². The lowest BCUT2D eigenvalue weighted by atomic mass is 9.33. The van der Waals surface area contributed by atoms with E-state index in [4.69, 9.17) is 4.74 Å². The van der Waals surface area contributed by atoms with E-state index in [0.29, 0.717) is 12.3 Å². The molecular weight excluding hydrogens is 564 g/mol. The van der Waals surface area contributed by atoms with E-state index in [2.05, 4.69) is 54.5 Å². The van der Waals surface area contributed by atoms with Crippen molar-refractivity contribution in [3.63, 3.8) is 0 Å². The number of carboxylic acids is 1. The van der Waals surface area contributed by atoms with Gasteiger partial charge in [0.15, 0.2) is 0 Å². The smallest absolute Gasteiger partial charge is 0.331 e. The van der Waals surface area contributed by atoms with Gasteiger partial charge in [-0.25, -0.2) is 4.79 Å². The summed E-state index contributed by atoms with van der Waals surface area (Å²) in [6.45, 7) is 16.3. The number of carbonyl (C=O) groups excluding carboxylic acids is 1. The number of ether oxygens (including phenoxy) is 1. The molecule has 3 N–H and O–H groups in total. The Hall–Kier alpha value is -2.60. The van der Waals surface area contributed by atoms with E-state index >= 15 is 0 Å². The van der Waals surface area contributed by atoms with Crippen LogP contribution in [0, 0.1) is 50.2 Å². The number of carbonyl (C=O) groups is 2. The molecule has 4 saturated carbocycles. The van der Waals surface area contributed by atoms with Gasteiger partial charge in [0.2, 0.25) is 0 Å². The third kappa shape index (κ3) is 4.74. The van der Waals surface area contributed by atoms with Gasteiger partial charge >= 0.3 is 11.9 Å². The van der Waals surface area contributed by atoms with Crippen molar-refractivity contribution in [1.29, 1.82) is 0 Å². The minimum absolute atomic E-state index is 0.0131. The summed E-state index contributed by atoms with van der Waals surface area (Å²) in [5, 5.41) is 31.9. The number of hydrogen-bond donors (Lipinski definition) is 3. The molecule has 6 nitrogen and oxygen atoms in total. The summed E-state index contributed by atoms with van der Waals surface area (Å²) in [6, 6.07) is 6.62. The first-order valence-corrected chi connectivity index (χ1v) is 17.2. The Kier molecular flexibility index (Phi) is 7.51. The Balaban J connectivity index is 1.29. The number of aliphatic carboxylic acids is 1. The molecule has 9 atom stereocenters. The second-order valence-electron chi connectivity index (χ2n) is 17.6. The van der Waals surface area contributed by atoms with E-state index in [0.717, 1.165) is 56.9 Å².